The Morgan fingerprint density at radius 3 is 2.60 bits per heavy atom. The lowest BCUT2D eigenvalue weighted by molar-refractivity contribution is -0.112. The molecule has 2 rings (SSSR count). The number of sulfone groups is 1. The Morgan fingerprint density at radius 1 is 1.36 bits per heavy atom. The van der Waals surface area contributed by atoms with Crippen LogP contribution < -0.4 is 5.32 Å². The van der Waals surface area contributed by atoms with Crippen molar-refractivity contribution in [3.8, 4) is 6.07 Å². The van der Waals surface area contributed by atoms with Crippen LogP contribution in [-0.4, -0.2) is 36.5 Å². The SMILES string of the molecule is CCS(=O)(=O)c1nnc(NC(=O)/C(C#N)=C\c2ccc(SC)cc2)s1. The molecule has 0 radical (unpaired) electrons. The Bertz CT molecular complexity index is 941. The minimum absolute atomic E-state index is 0.0240. The Kier molecular flexibility index (Phi) is 6.30. The summed E-state index contributed by atoms with van der Waals surface area (Å²) in [7, 11) is -3.48. The zero-order valence-electron chi connectivity index (χ0n) is 13.4. The molecule has 0 spiro atoms. The fraction of sp³-hybridized carbons (Fsp3) is 0.200. The standard InChI is InChI=1S/C15H14N4O3S3/c1-3-25(21,22)15-19-18-14(24-15)17-13(20)11(9-16)8-10-4-6-12(23-2)7-5-10/h4-8H,3H2,1-2H3,(H,17,18,20)/b11-8-. The molecule has 0 aliphatic heterocycles. The Labute approximate surface area is 153 Å². The minimum Gasteiger partial charge on any atom is -0.296 e. The van der Waals surface area contributed by atoms with Gasteiger partial charge in [0.2, 0.25) is 19.3 Å². The molecule has 0 unspecified atom stereocenters. The molecule has 1 aromatic heterocycles. The van der Waals surface area contributed by atoms with E-state index in [0.717, 1.165) is 16.2 Å². The first-order valence-corrected chi connectivity index (χ1v) is 10.7. The van der Waals surface area contributed by atoms with Crippen molar-refractivity contribution in [1.29, 1.82) is 5.26 Å². The quantitative estimate of drug-likeness (QED) is 0.347. The minimum atomic E-state index is -3.48. The number of hydrogen-bond donors (Lipinski definition) is 1. The number of benzene rings is 1. The summed E-state index contributed by atoms with van der Waals surface area (Å²) in [5.41, 5.74) is 0.586. The van der Waals surface area contributed by atoms with E-state index >= 15 is 0 Å². The van der Waals surface area contributed by atoms with E-state index in [1.807, 2.05) is 24.5 Å². The first kappa shape index (κ1) is 19.1. The molecule has 1 heterocycles. The van der Waals surface area contributed by atoms with Crippen LogP contribution in [0.3, 0.4) is 0 Å². The molecule has 10 heteroatoms. The fourth-order valence-corrected chi connectivity index (χ4v) is 4.08. The van der Waals surface area contributed by atoms with Crippen molar-refractivity contribution < 1.29 is 13.2 Å². The second-order valence-electron chi connectivity index (χ2n) is 4.67. The van der Waals surface area contributed by atoms with E-state index < -0.39 is 15.7 Å². The number of thioether (sulfide) groups is 1. The Hall–Kier alpha value is -2.22. The van der Waals surface area contributed by atoms with E-state index in [2.05, 4.69) is 15.5 Å². The van der Waals surface area contributed by atoms with Crippen molar-refractivity contribution in [2.45, 2.75) is 16.2 Å². The predicted molar refractivity (Wildman–Crippen MR) is 98.1 cm³/mol. The number of carbonyl (C=O) groups is 1. The molecule has 0 aliphatic carbocycles. The molecule has 1 N–H and O–H groups in total. The molecule has 0 aliphatic rings. The molecule has 7 nitrogen and oxygen atoms in total. The van der Waals surface area contributed by atoms with E-state index in [1.54, 1.807) is 23.9 Å². The maximum Gasteiger partial charge on any atom is 0.268 e. The fourth-order valence-electron chi connectivity index (χ4n) is 1.69. The molecule has 0 fully saturated rings. The van der Waals surface area contributed by atoms with Gasteiger partial charge in [-0.25, -0.2) is 8.42 Å². The van der Waals surface area contributed by atoms with Gasteiger partial charge in [-0.2, -0.15) is 5.26 Å². The van der Waals surface area contributed by atoms with E-state index in [1.165, 1.54) is 13.0 Å². The Balaban J connectivity index is 2.17. The molecule has 2 aromatic rings. The highest BCUT2D eigenvalue weighted by molar-refractivity contribution is 7.98. The van der Waals surface area contributed by atoms with Crippen LogP contribution in [0.15, 0.2) is 39.1 Å². The molecule has 1 aromatic carbocycles. The maximum absolute atomic E-state index is 12.2. The van der Waals surface area contributed by atoms with Crippen molar-refractivity contribution >= 4 is 50.1 Å². The topological polar surface area (TPSA) is 113 Å². The number of hydrogen-bond acceptors (Lipinski definition) is 8. The van der Waals surface area contributed by atoms with Crippen molar-refractivity contribution in [3.05, 3.63) is 35.4 Å². The lowest BCUT2D eigenvalue weighted by atomic mass is 10.1. The normalized spacial score (nSPS) is 11.8. The smallest absolute Gasteiger partial charge is 0.268 e. The molecule has 25 heavy (non-hydrogen) atoms. The van der Waals surface area contributed by atoms with Crippen molar-refractivity contribution in [1.82, 2.24) is 10.2 Å². The van der Waals surface area contributed by atoms with Crippen molar-refractivity contribution in [3.63, 3.8) is 0 Å². The second-order valence-corrected chi connectivity index (χ2v) is 8.98. The maximum atomic E-state index is 12.2. The Morgan fingerprint density at radius 2 is 2.04 bits per heavy atom. The summed E-state index contributed by atoms with van der Waals surface area (Å²) >= 11 is 2.34. The number of nitrogens with one attached hydrogen (secondary N) is 1. The van der Waals surface area contributed by atoms with Gasteiger partial charge in [-0.3, -0.25) is 10.1 Å². The van der Waals surface area contributed by atoms with Gasteiger partial charge in [0.1, 0.15) is 11.6 Å². The van der Waals surface area contributed by atoms with Gasteiger partial charge in [-0.15, -0.1) is 22.0 Å². The average molecular weight is 395 g/mol. The van der Waals surface area contributed by atoms with Gasteiger partial charge in [-0.1, -0.05) is 30.4 Å². The summed E-state index contributed by atoms with van der Waals surface area (Å²) in [5, 5.41) is 18.8. The highest BCUT2D eigenvalue weighted by Gasteiger charge is 2.19. The molecular formula is C15H14N4O3S3. The third-order valence-electron chi connectivity index (χ3n) is 3.06. The largest absolute Gasteiger partial charge is 0.296 e. The third-order valence-corrected chi connectivity index (χ3v) is 6.83. The predicted octanol–water partition coefficient (Wildman–Crippen LogP) is 2.60. The van der Waals surface area contributed by atoms with Crippen LogP contribution in [0.1, 0.15) is 12.5 Å². The van der Waals surface area contributed by atoms with E-state index in [-0.39, 0.29) is 20.8 Å². The van der Waals surface area contributed by atoms with Gasteiger partial charge in [0.05, 0.1) is 5.75 Å². The number of aromatic nitrogens is 2. The van der Waals surface area contributed by atoms with Gasteiger partial charge in [0.15, 0.2) is 0 Å². The van der Waals surface area contributed by atoms with Crippen molar-refractivity contribution in [2.75, 3.05) is 17.3 Å². The highest BCUT2D eigenvalue weighted by atomic mass is 32.2. The molecule has 0 atom stereocenters. The van der Waals surface area contributed by atoms with Crippen molar-refractivity contribution in [2.24, 2.45) is 0 Å². The summed E-state index contributed by atoms with van der Waals surface area (Å²) in [6.07, 6.45) is 3.40. The van der Waals surface area contributed by atoms with Crippen LogP contribution >= 0.6 is 23.1 Å². The van der Waals surface area contributed by atoms with Gasteiger partial charge < -0.3 is 0 Å². The van der Waals surface area contributed by atoms with E-state index in [4.69, 9.17) is 0 Å². The van der Waals surface area contributed by atoms with Gasteiger partial charge in [-0.05, 0) is 30.0 Å². The zero-order valence-corrected chi connectivity index (χ0v) is 15.8. The molecular weight excluding hydrogens is 380 g/mol. The summed E-state index contributed by atoms with van der Waals surface area (Å²) in [6, 6.07) is 9.20. The van der Waals surface area contributed by atoms with Gasteiger partial charge in [0, 0.05) is 4.90 Å². The van der Waals surface area contributed by atoms with Crippen LogP contribution in [-0.2, 0) is 14.6 Å². The molecule has 1 amide bonds. The summed E-state index contributed by atoms with van der Waals surface area (Å²) < 4.78 is 23.3. The summed E-state index contributed by atoms with van der Waals surface area (Å²) in [4.78, 5) is 13.3. The second kappa shape index (κ2) is 8.24. The molecule has 0 saturated carbocycles. The number of amides is 1. The van der Waals surface area contributed by atoms with Crippen LogP contribution in [0.25, 0.3) is 6.08 Å². The van der Waals surface area contributed by atoms with Gasteiger partial charge in [0.25, 0.3) is 5.91 Å². The highest BCUT2D eigenvalue weighted by Crippen LogP contribution is 2.22. The number of carbonyl (C=O) groups excluding carboxylic acids is 1. The van der Waals surface area contributed by atoms with E-state index in [0.29, 0.717) is 5.56 Å². The molecule has 0 saturated heterocycles. The molecule has 130 valence electrons. The lowest BCUT2D eigenvalue weighted by Gasteiger charge is -2.00. The molecule has 0 bridgehead atoms. The number of anilines is 1. The first-order valence-electron chi connectivity index (χ1n) is 7.03. The number of rotatable bonds is 6. The first-order chi connectivity index (χ1) is 11.9. The van der Waals surface area contributed by atoms with E-state index in [9.17, 15) is 18.5 Å². The monoisotopic (exact) mass is 394 g/mol. The lowest BCUT2D eigenvalue weighted by Crippen LogP contribution is -2.13. The number of nitriles is 1. The zero-order chi connectivity index (χ0) is 18.4. The summed E-state index contributed by atoms with van der Waals surface area (Å²) in [5.74, 6) is -0.779. The van der Waals surface area contributed by atoms with Crippen LogP contribution in [0, 0.1) is 11.3 Å². The summed E-state index contributed by atoms with van der Waals surface area (Å²) in [6.45, 7) is 1.49. The van der Waals surface area contributed by atoms with Crippen LogP contribution in [0.4, 0.5) is 5.13 Å². The average Bonchev–Trinajstić information content (AvgIpc) is 3.09. The third kappa shape index (κ3) is 4.88. The number of nitrogens with zero attached hydrogens (tertiary/aromatic N) is 3. The van der Waals surface area contributed by atoms with Crippen LogP contribution in [0.5, 0.6) is 0 Å². The van der Waals surface area contributed by atoms with Crippen LogP contribution in [0.2, 0.25) is 0 Å². The van der Waals surface area contributed by atoms with Gasteiger partial charge >= 0.3 is 0 Å².